The van der Waals surface area contributed by atoms with Crippen molar-refractivity contribution in [1.29, 1.82) is 0 Å². The molecule has 0 saturated carbocycles. The fourth-order valence-electron chi connectivity index (χ4n) is 2.31. The first-order chi connectivity index (χ1) is 10.8. The van der Waals surface area contributed by atoms with Gasteiger partial charge in [0.2, 0.25) is 0 Å². The van der Waals surface area contributed by atoms with Gasteiger partial charge in [0.05, 0.1) is 19.8 Å². The topological polar surface area (TPSA) is 50.7 Å². The first-order valence-electron chi connectivity index (χ1n) is 7.48. The zero-order valence-electron chi connectivity index (χ0n) is 13.1. The molecule has 0 spiro atoms. The van der Waals surface area contributed by atoms with Crippen LogP contribution in [0, 0.1) is 0 Å². The fraction of sp³-hybridized carbons (Fsp3) is 0.333. The number of ether oxygens (including phenoxy) is 2. The third-order valence-corrected chi connectivity index (χ3v) is 3.41. The van der Waals surface area contributed by atoms with Crippen LogP contribution in [0.5, 0.6) is 11.5 Å². The lowest BCUT2D eigenvalue weighted by molar-refractivity contribution is 0.174. The molecule has 4 heteroatoms. The molecule has 0 bridgehead atoms. The Hall–Kier alpha value is -2.04. The maximum Gasteiger partial charge on any atom is 0.165 e. The van der Waals surface area contributed by atoms with Crippen LogP contribution in [0.4, 0.5) is 0 Å². The van der Waals surface area contributed by atoms with Crippen molar-refractivity contribution in [3.63, 3.8) is 0 Å². The molecule has 1 unspecified atom stereocenters. The van der Waals surface area contributed by atoms with Crippen LogP contribution in [0.2, 0.25) is 0 Å². The van der Waals surface area contributed by atoms with E-state index in [4.69, 9.17) is 9.47 Å². The third kappa shape index (κ3) is 4.23. The molecule has 0 aromatic heterocycles. The van der Waals surface area contributed by atoms with Crippen molar-refractivity contribution in [3.8, 4) is 11.5 Å². The predicted octanol–water partition coefficient (Wildman–Crippen LogP) is 2.92. The largest absolute Gasteiger partial charge is 0.493 e. The highest BCUT2D eigenvalue weighted by molar-refractivity contribution is 5.46. The molecule has 0 amide bonds. The lowest BCUT2D eigenvalue weighted by atomic mass is 10.1. The second kappa shape index (κ2) is 8.41. The summed E-state index contributed by atoms with van der Waals surface area (Å²) in [4.78, 5) is 0. The Kier molecular flexibility index (Phi) is 6.25. The normalized spacial score (nSPS) is 12.0. The molecule has 1 atom stereocenters. The quantitative estimate of drug-likeness (QED) is 0.787. The van der Waals surface area contributed by atoms with Gasteiger partial charge in [-0.3, -0.25) is 0 Å². The van der Waals surface area contributed by atoms with Crippen LogP contribution in [0.3, 0.4) is 0 Å². The summed E-state index contributed by atoms with van der Waals surface area (Å²) in [7, 11) is 1.63. The van der Waals surface area contributed by atoms with Gasteiger partial charge in [-0.05, 0) is 18.6 Å². The maximum absolute atomic E-state index is 10.2. The van der Waals surface area contributed by atoms with Crippen molar-refractivity contribution in [2.24, 2.45) is 0 Å². The van der Waals surface area contributed by atoms with Crippen molar-refractivity contribution in [2.75, 3.05) is 20.3 Å². The van der Waals surface area contributed by atoms with E-state index < -0.39 is 6.10 Å². The van der Waals surface area contributed by atoms with Crippen molar-refractivity contribution < 1.29 is 14.6 Å². The van der Waals surface area contributed by atoms with Crippen LogP contribution in [0.25, 0.3) is 0 Å². The van der Waals surface area contributed by atoms with Crippen LogP contribution < -0.4 is 14.8 Å². The number of aliphatic hydroxyl groups is 1. The van der Waals surface area contributed by atoms with Gasteiger partial charge in [-0.15, -0.1) is 0 Å². The summed E-state index contributed by atoms with van der Waals surface area (Å²) in [6.07, 6.45) is -0.526. The van der Waals surface area contributed by atoms with Gasteiger partial charge in [-0.2, -0.15) is 0 Å². The van der Waals surface area contributed by atoms with E-state index in [1.165, 1.54) is 0 Å². The van der Waals surface area contributed by atoms with Gasteiger partial charge in [-0.25, -0.2) is 0 Å². The van der Waals surface area contributed by atoms with Crippen LogP contribution in [0.1, 0.15) is 24.2 Å². The zero-order valence-corrected chi connectivity index (χ0v) is 13.1. The fourth-order valence-corrected chi connectivity index (χ4v) is 2.31. The SMILES string of the molecule is CCOc1c(CNCC(O)c2ccccc2)cccc1OC. The minimum Gasteiger partial charge on any atom is -0.493 e. The summed E-state index contributed by atoms with van der Waals surface area (Å²) in [5.74, 6) is 1.49. The molecule has 22 heavy (non-hydrogen) atoms. The van der Waals surface area contributed by atoms with E-state index in [0.29, 0.717) is 19.7 Å². The first-order valence-corrected chi connectivity index (χ1v) is 7.48. The van der Waals surface area contributed by atoms with E-state index in [9.17, 15) is 5.11 Å². The Morgan fingerprint density at radius 2 is 1.86 bits per heavy atom. The highest BCUT2D eigenvalue weighted by atomic mass is 16.5. The molecule has 0 aliphatic heterocycles. The monoisotopic (exact) mass is 301 g/mol. The Morgan fingerprint density at radius 3 is 2.55 bits per heavy atom. The molecular weight excluding hydrogens is 278 g/mol. The lowest BCUT2D eigenvalue weighted by Gasteiger charge is -2.16. The van der Waals surface area contributed by atoms with Crippen molar-refractivity contribution >= 4 is 0 Å². The standard InChI is InChI=1S/C18H23NO3/c1-3-22-18-15(10-7-11-17(18)21-2)12-19-13-16(20)14-8-5-4-6-9-14/h4-11,16,19-20H,3,12-13H2,1-2H3. The number of aliphatic hydroxyl groups excluding tert-OH is 1. The second-order valence-electron chi connectivity index (χ2n) is 4.94. The van der Waals surface area contributed by atoms with Gasteiger partial charge in [0, 0.05) is 18.7 Å². The van der Waals surface area contributed by atoms with Gasteiger partial charge >= 0.3 is 0 Å². The Morgan fingerprint density at radius 1 is 1.09 bits per heavy atom. The summed E-state index contributed by atoms with van der Waals surface area (Å²) >= 11 is 0. The van der Waals surface area contributed by atoms with Crippen LogP contribution in [-0.4, -0.2) is 25.4 Å². The Labute approximate surface area is 131 Å². The minimum absolute atomic E-state index is 0.479. The molecule has 0 radical (unpaired) electrons. The van der Waals surface area contributed by atoms with E-state index in [1.54, 1.807) is 7.11 Å². The Balaban J connectivity index is 1.97. The molecule has 2 aromatic rings. The predicted molar refractivity (Wildman–Crippen MR) is 87.3 cm³/mol. The number of nitrogens with one attached hydrogen (secondary N) is 1. The molecule has 118 valence electrons. The van der Waals surface area contributed by atoms with E-state index in [2.05, 4.69) is 5.32 Å². The van der Waals surface area contributed by atoms with Gasteiger partial charge < -0.3 is 19.9 Å². The molecule has 2 aromatic carbocycles. The summed E-state index contributed by atoms with van der Waals surface area (Å²) in [5, 5.41) is 13.4. The van der Waals surface area contributed by atoms with E-state index in [-0.39, 0.29) is 0 Å². The zero-order chi connectivity index (χ0) is 15.8. The number of para-hydroxylation sites is 1. The van der Waals surface area contributed by atoms with Gasteiger partial charge in [0.15, 0.2) is 11.5 Å². The summed E-state index contributed by atoms with van der Waals surface area (Å²) in [6, 6.07) is 15.4. The average molecular weight is 301 g/mol. The molecular formula is C18H23NO3. The van der Waals surface area contributed by atoms with Crippen LogP contribution in [0.15, 0.2) is 48.5 Å². The number of benzene rings is 2. The van der Waals surface area contributed by atoms with Gasteiger partial charge in [0.1, 0.15) is 0 Å². The number of methoxy groups -OCH3 is 1. The molecule has 0 aliphatic rings. The summed E-state index contributed by atoms with van der Waals surface area (Å²) in [6.45, 7) is 3.62. The van der Waals surface area contributed by atoms with Crippen molar-refractivity contribution in [1.82, 2.24) is 5.32 Å². The maximum atomic E-state index is 10.2. The molecule has 2 N–H and O–H groups in total. The first kappa shape index (κ1) is 16.3. The molecule has 0 fully saturated rings. The molecule has 0 saturated heterocycles. The molecule has 0 heterocycles. The van der Waals surface area contributed by atoms with Crippen molar-refractivity contribution in [2.45, 2.75) is 19.6 Å². The average Bonchev–Trinajstić information content (AvgIpc) is 2.57. The molecule has 4 nitrogen and oxygen atoms in total. The van der Waals surface area contributed by atoms with Gasteiger partial charge in [0.25, 0.3) is 0 Å². The number of hydrogen-bond acceptors (Lipinski definition) is 4. The second-order valence-corrected chi connectivity index (χ2v) is 4.94. The van der Waals surface area contributed by atoms with Crippen LogP contribution >= 0.6 is 0 Å². The molecule has 0 aliphatic carbocycles. The number of hydrogen-bond donors (Lipinski definition) is 2. The number of rotatable bonds is 8. The van der Waals surface area contributed by atoms with Gasteiger partial charge in [-0.1, -0.05) is 42.5 Å². The van der Waals surface area contributed by atoms with E-state index in [0.717, 1.165) is 22.6 Å². The van der Waals surface area contributed by atoms with E-state index >= 15 is 0 Å². The summed E-state index contributed by atoms with van der Waals surface area (Å²) < 4.78 is 11.0. The minimum atomic E-state index is -0.526. The third-order valence-electron chi connectivity index (χ3n) is 3.41. The van der Waals surface area contributed by atoms with Crippen LogP contribution in [-0.2, 0) is 6.54 Å². The highest BCUT2D eigenvalue weighted by Gasteiger charge is 2.11. The Bertz CT molecular complexity index is 572. The van der Waals surface area contributed by atoms with Crippen molar-refractivity contribution in [3.05, 3.63) is 59.7 Å². The van der Waals surface area contributed by atoms with E-state index in [1.807, 2.05) is 55.5 Å². The smallest absolute Gasteiger partial charge is 0.165 e. The highest BCUT2D eigenvalue weighted by Crippen LogP contribution is 2.31. The lowest BCUT2D eigenvalue weighted by Crippen LogP contribution is -2.21. The summed E-state index contributed by atoms with van der Waals surface area (Å²) in [5.41, 5.74) is 1.92. The molecule has 2 rings (SSSR count).